The minimum absolute atomic E-state index is 0. The second-order valence-corrected chi connectivity index (χ2v) is 6.23. The molecule has 1 saturated carbocycles. The lowest BCUT2D eigenvalue weighted by Gasteiger charge is -2.26. The molecule has 0 aliphatic heterocycles. The first kappa shape index (κ1) is 16.5. The molecule has 108 valence electrons. The average molecular weight is 303 g/mol. The maximum atomic E-state index is 12.3. The lowest BCUT2D eigenvalue weighted by Crippen LogP contribution is -2.34. The molecule has 1 aliphatic rings. The standard InChI is InChI=1S/C14H22N2OS.ClH/c1-10(13-7-4-8-18-13)16(2)14(17)9-11-5-3-6-12(11)15;/h4,7-8,10-12H,3,5-6,9,15H2,1-2H3;1H/t10?,11-,12+;/m0./s1. The second kappa shape index (κ2) is 7.27. The molecule has 2 N–H and O–H groups in total. The summed E-state index contributed by atoms with van der Waals surface area (Å²) in [5.41, 5.74) is 6.03. The summed E-state index contributed by atoms with van der Waals surface area (Å²) in [5.74, 6) is 0.605. The molecule has 19 heavy (non-hydrogen) atoms. The zero-order valence-corrected chi connectivity index (χ0v) is 13.2. The number of nitrogens with zero attached hydrogens (tertiary/aromatic N) is 1. The number of halogens is 1. The Balaban J connectivity index is 0.00000180. The topological polar surface area (TPSA) is 46.3 Å². The van der Waals surface area contributed by atoms with E-state index >= 15 is 0 Å². The third-order valence-electron chi connectivity index (χ3n) is 4.08. The Kier molecular flexibility index (Phi) is 6.30. The van der Waals surface area contributed by atoms with Gasteiger partial charge in [-0.25, -0.2) is 0 Å². The fourth-order valence-electron chi connectivity index (χ4n) is 2.62. The average Bonchev–Trinajstić information content (AvgIpc) is 3.00. The van der Waals surface area contributed by atoms with Crippen LogP contribution in [0.1, 0.15) is 43.5 Å². The van der Waals surface area contributed by atoms with E-state index in [1.807, 2.05) is 18.0 Å². The van der Waals surface area contributed by atoms with E-state index in [0.29, 0.717) is 12.3 Å². The number of carbonyl (C=O) groups is 1. The molecule has 0 bridgehead atoms. The van der Waals surface area contributed by atoms with Crippen LogP contribution in [0.2, 0.25) is 0 Å². The first-order valence-corrected chi connectivity index (χ1v) is 7.52. The van der Waals surface area contributed by atoms with Gasteiger partial charge >= 0.3 is 0 Å². The van der Waals surface area contributed by atoms with Crippen molar-refractivity contribution < 1.29 is 4.79 Å². The van der Waals surface area contributed by atoms with Crippen LogP contribution in [0, 0.1) is 5.92 Å². The first-order valence-electron chi connectivity index (χ1n) is 6.64. The van der Waals surface area contributed by atoms with Crippen LogP contribution in [0.25, 0.3) is 0 Å². The van der Waals surface area contributed by atoms with Crippen molar-refractivity contribution in [1.29, 1.82) is 0 Å². The van der Waals surface area contributed by atoms with Crippen molar-refractivity contribution in [2.45, 2.75) is 44.7 Å². The van der Waals surface area contributed by atoms with Gasteiger partial charge in [-0.1, -0.05) is 12.5 Å². The van der Waals surface area contributed by atoms with Crippen molar-refractivity contribution in [3.63, 3.8) is 0 Å². The van der Waals surface area contributed by atoms with Crippen LogP contribution in [0.4, 0.5) is 0 Å². The van der Waals surface area contributed by atoms with Crippen LogP contribution in [-0.2, 0) is 4.79 Å². The molecule has 1 aliphatic carbocycles. The smallest absolute Gasteiger partial charge is 0.223 e. The SMILES string of the molecule is CC(c1cccs1)N(C)C(=O)C[C@@H]1CCC[C@H]1N.Cl. The molecule has 5 heteroatoms. The molecule has 1 fully saturated rings. The van der Waals surface area contributed by atoms with Crippen LogP contribution in [0.3, 0.4) is 0 Å². The highest BCUT2D eigenvalue weighted by atomic mass is 35.5. The summed E-state index contributed by atoms with van der Waals surface area (Å²) in [6.07, 6.45) is 3.95. The third-order valence-corrected chi connectivity index (χ3v) is 5.13. The Morgan fingerprint density at radius 3 is 2.84 bits per heavy atom. The van der Waals surface area contributed by atoms with Crippen LogP contribution < -0.4 is 5.73 Å². The van der Waals surface area contributed by atoms with Crippen LogP contribution in [-0.4, -0.2) is 23.9 Å². The molecular formula is C14H23ClN2OS. The van der Waals surface area contributed by atoms with Crippen molar-refractivity contribution in [2.24, 2.45) is 11.7 Å². The summed E-state index contributed by atoms with van der Waals surface area (Å²) >= 11 is 1.70. The van der Waals surface area contributed by atoms with E-state index in [1.54, 1.807) is 11.3 Å². The van der Waals surface area contributed by atoms with Crippen molar-refractivity contribution in [1.82, 2.24) is 4.90 Å². The highest BCUT2D eigenvalue weighted by molar-refractivity contribution is 7.10. The van der Waals surface area contributed by atoms with E-state index in [1.165, 1.54) is 11.3 Å². The zero-order chi connectivity index (χ0) is 13.1. The molecule has 1 amide bonds. The highest BCUT2D eigenvalue weighted by Gasteiger charge is 2.28. The number of carbonyl (C=O) groups excluding carboxylic acids is 1. The number of nitrogens with two attached hydrogens (primary N) is 1. The van der Waals surface area contributed by atoms with Crippen molar-refractivity contribution >= 4 is 29.7 Å². The van der Waals surface area contributed by atoms with Gasteiger partial charge in [0.15, 0.2) is 0 Å². The van der Waals surface area contributed by atoms with Gasteiger partial charge in [-0.3, -0.25) is 4.79 Å². The molecule has 3 atom stereocenters. The van der Waals surface area contributed by atoms with Gasteiger partial charge in [0.25, 0.3) is 0 Å². The van der Waals surface area contributed by atoms with Gasteiger partial charge in [-0.2, -0.15) is 0 Å². The van der Waals surface area contributed by atoms with Crippen LogP contribution >= 0.6 is 23.7 Å². The van der Waals surface area contributed by atoms with Gasteiger partial charge in [0, 0.05) is 24.4 Å². The van der Waals surface area contributed by atoms with E-state index in [4.69, 9.17) is 5.73 Å². The maximum absolute atomic E-state index is 12.3. The van der Waals surface area contributed by atoms with Gasteiger partial charge in [0.1, 0.15) is 0 Å². The number of hydrogen-bond acceptors (Lipinski definition) is 3. The second-order valence-electron chi connectivity index (χ2n) is 5.25. The maximum Gasteiger partial charge on any atom is 0.223 e. The van der Waals surface area contributed by atoms with Gasteiger partial charge in [0.2, 0.25) is 5.91 Å². The van der Waals surface area contributed by atoms with E-state index in [0.717, 1.165) is 12.8 Å². The van der Waals surface area contributed by atoms with E-state index < -0.39 is 0 Å². The van der Waals surface area contributed by atoms with Crippen LogP contribution in [0.5, 0.6) is 0 Å². The summed E-state index contributed by atoms with van der Waals surface area (Å²) in [7, 11) is 1.90. The third kappa shape index (κ3) is 3.94. The van der Waals surface area contributed by atoms with E-state index in [9.17, 15) is 4.79 Å². The summed E-state index contributed by atoms with van der Waals surface area (Å²) in [4.78, 5) is 15.4. The molecule has 0 saturated heterocycles. The van der Waals surface area contributed by atoms with Gasteiger partial charge in [0.05, 0.1) is 6.04 Å². The largest absolute Gasteiger partial charge is 0.338 e. The molecule has 3 nitrogen and oxygen atoms in total. The monoisotopic (exact) mass is 302 g/mol. The molecule has 1 aromatic heterocycles. The Morgan fingerprint density at radius 2 is 2.32 bits per heavy atom. The summed E-state index contributed by atoms with van der Waals surface area (Å²) in [6, 6.07) is 4.50. The van der Waals surface area contributed by atoms with Gasteiger partial charge < -0.3 is 10.6 Å². The first-order chi connectivity index (χ1) is 8.59. The predicted octanol–water partition coefficient (Wildman–Crippen LogP) is 3.21. The van der Waals surface area contributed by atoms with E-state index in [-0.39, 0.29) is 30.4 Å². The van der Waals surface area contributed by atoms with Crippen molar-refractivity contribution in [2.75, 3.05) is 7.05 Å². The van der Waals surface area contributed by atoms with E-state index in [2.05, 4.69) is 18.4 Å². The Hall–Kier alpha value is -0.580. The number of amides is 1. The van der Waals surface area contributed by atoms with Crippen molar-refractivity contribution in [3.8, 4) is 0 Å². The Morgan fingerprint density at radius 1 is 1.58 bits per heavy atom. The molecule has 2 rings (SSSR count). The Labute approximate surface area is 125 Å². The summed E-state index contributed by atoms with van der Waals surface area (Å²) in [6.45, 7) is 2.08. The minimum atomic E-state index is 0. The fourth-order valence-corrected chi connectivity index (χ4v) is 3.45. The molecule has 0 aromatic carbocycles. The van der Waals surface area contributed by atoms with Gasteiger partial charge in [-0.15, -0.1) is 23.7 Å². The molecule has 1 heterocycles. The molecular weight excluding hydrogens is 280 g/mol. The molecule has 1 aromatic rings. The molecule has 0 radical (unpaired) electrons. The fraction of sp³-hybridized carbons (Fsp3) is 0.643. The molecule has 1 unspecified atom stereocenters. The quantitative estimate of drug-likeness (QED) is 0.928. The summed E-state index contributed by atoms with van der Waals surface area (Å²) < 4.78 is 0. The lowest BCUT2D eigenvalue weighted by molar-refractivity contribution is -0.132. The lowest BCUT2D eigenvalue weighted by atomic mass is 9.99. The normalized spacial score (nSPS) is 23.7. The van der Waals surface area contributed by atoms with Crippen molar-refractivity contribution in [3.05, 3.63) is 22.4 Å². The molecule has 0 spiro atoms. The van der Waals surface area contributed by atoms with Crippen LogP contribution in [0.15, 0.2) is 17.5 Å². The Bertz CT molecular complexity index is 396. The minimum Gasteiger partial charge on any atom is -0.338 e. The van der Waals surface area contributed by atoms with Gasteiger partial charge in [-0.05, 0) is 37.1 Å². The number of thiophene rings is 1. The number of hydrogen-bond donors (Lipinski definition) is 1. The highest BCUT2D eigenvalue weighted by Crippen LogP contribution is 2.29. The summed E-state index contributed by atoms with van der Waals surface area (Å²) in [5, 5.41) is 2.05. The zero-order valence-electron chi connectivity index (χ0n) is 11.5. The number of rotatable bonds is 4. The predicted molar refractivity (Wildman–Crippen MR) is 82.7 cm³/mol.